The smallest absolute Gasteiger partial charge is 0.199 e. The SMILES string of the molecule is CC#CCN=C(Nc1ccccc1)N1CCCCC1. The Hall–Kier alpha value is -1.95. The summed E-state index contributed by atoms with van der Waals surface area (Å²) in [5.74, 6) is 6.84. The number of guanidine groups is 1. The van der Waals surface area contributed by atoms with Crippen LogP contribution in [0.25, 0.3) is 0 Å². The fraction of sp³-hybridized carbons (Fsp3) is 0.438. The van der Waals surface area contributed by atoms with E-state index >= 15 is 0 Å². The molecule has 0 bridgehead atoms. The van der Waals surface area contributed by atoms with Crippen molar-refractivity contribution in [2.75, 3.05) is 25.0 Å². The normalized spacial score (nSPS) is 15.6. The maximum atomic E-state index is 4.59. The molecule has 3 nitrogen and oxygen atoms in total. The Morgan fingerprint density at radius 2 is 1.95 bits per heavy atom. The van der Waals surface area contributed by atoms with E-state index in [9.17, 15) is 0 Å². The Kier molecular flexibility index (Phi) is 5.31. The van der Waals surface area contributed by atoms with Crippen molar-refractivity contribution in [2.45, 2.75) is 26.2 Å². The summed E-state index contributed by atoms with van der Waals surface area (Å²) in [5.41, 5.74) is 1.08. The number of likely N-dealkylation sites (tertiary alicyclic amines) is 1. The van der Waals surface area contributed by atoms with Gasteiger partial charge < -0.3 is 10.2 Å². The summed E-state index contributed by atoms with van der Waals surface area (Å²) < 4.78 is 0. The molecule has 0 amide bonds. The molecule has 1 aromatic rings. The number of benzene rings is 1. The predicted octanol–water partition coefficient (Wildman–Crippen LogP) is 2.96. The molecule has 1 heterocycles. The molecular weight excluding hydrogens is 234 g/mol. The first-order valence-corrected chi connectivity index (χ1v) is 6.91. The van der Waals surface area contributed by atoms with E-state index in [0.29, 0.717) is 6.54 Å². The lowest BCUT2D eigenvalue weighted by Crippen LogP contribution is -2.40. The third-order valence-electron chi connectivity index (χ3n) is 3.17. The second kappa shape index (κ2) is 7.48. The van der Waals surface area contributed by atoms with Crippen molar-refractivity contribution in [3.8, 4) is 11.8 Å². The number of nitrogens with zero attached hydrogens (tertiary/aromatic N) is 2. The summed E-state index contributed by atoms with van der Waals surface area (Å²) >= 11 is 0. The number of piperidine rings is 1. The highest BCUT2D eigenvalue weighted by atomic mass is 15.3. The molecule has 0 atom stereocenters. The van der Waals surface area contributed by atoms with Crippen LogP contribution in [0, 0.1) is 11.8 Å². The Morgan fingerprint density at radius 1 is 1.21 bits per heavy atom. The topological polar surface area (TPSA) is 27.6 Å². The summed E-state index contributed by atoms with van der Waals surface area (Å²) in [4.78, 5) is 6.92. The molecule has 1 aromatic carbocycles. The van der Waals surface area contributed by atoms with Crippen molar-refractivity contribution in [1.29, 1.82) is 0 Å². The van der Waals surface area contributed by atoms with Crippen LogP contribution in [-0.2, 0) is 0 Å². The van der Waals surface area contributed by atoms with Gasteiger partial charge in [-0.25, -0.2) is 4.99 Å². The van der Waals surface area contributed by atoms with Gasteiger partial charge in [0.25, 0.3) is 0 Å². The van der Waals surface area contributed by atoms with Gasteiger partial charge in [0, 0.05) is 18.8 Å². The van der Waals surface area contributed by atoms with Crippen LogP contribution >= 0.6 is 0 Å². The van der Waals surface area contributed by atoms with Crippen molar-refractivity contribution in [3.05, 3.63) is 30.3 Å². The molecule has 1 fully saturated rings. The van der Waals surface area contributed by atoms with Crippen LogP contribution in [0.15, 0.2) is 35.3 Å². The first-order chi connectivity index (χ1) is 9.40. The maximum absolute atomic E-state index is 4.59. The van der Waals surface area contributed by atoms with Crippen molar-refractivity contribution in [3.63, 3.8) is 0 Å². The van der Waals surface area contributed by atoms with E-state index in [1.165, 1.54) is 19.3 Å². The zero-order valence-corrected chi connectivity index (χ0v) is 11.5. The third-order valence-corrected chi connectivity index (χ3v) is 3.17. The molecule has 0 unspecified atom stereocenters. The lowest BCUT2D eigenvalue weighted by Gasteiger charge is -2.30. The Bertz CT molecular complexity index is 462. The number of hydrogen-bond donors (Lipinski definition) is 1. The monoisotopic (exact) mass is 255 g/mol. The largest absolute Gasteiger partial charge is 0.343 e. The third kappa shape index (κ3) is 4.33. The summed E-state index contributed by atoms with van der Waals surface area (Å²) in [6.07, 6.45) is 3.81. The number of anilines is 1. The molecular formula is C16H21N3. The van der Waals surface area contributed by atoms with Crippen molar-refractivity contribution < 1.29 is 0 Å². The van der Waals surface area contributed by atoms with Crippen LogP contribution in [0.5, 0.6) is 0 Å². The lowest BCUT2D eigenvalue weighted by atomic mass is 10.1. The summed E-state index contributed by atoms with van der Waals surface area (Å²) in [6, 6.07) is 10.2. The molecule has 100 valence electrons. The zero-order chi connectivity index (χ0) is 13.3. The van der Waals surface area contributed by atoms with E-state index in [1.807, 2.05) is 25.1 Å². The molecule has 1 aliphatic rings. The van der Waals surface area contributed by atoms with E-state index < -0.39 is 0 Å². The first-order valence-electron chi connectivity index (χ1n) is 6.91. The summed E-state index contributed by atoms with van der Waals surface area (Å²) in [7, 11) is 0. The minimum absolute atomic E-state index is 0.558. The van der Waals surface area contributed by atoms with Gasteiger partial charge in [0.15, 0.2) is 5.96 Å². The van der Waals surface area contributed by atoms with E-state index in [-0.39, 0.29) is 0 Å². The van der Waals surface area contributed by atoms with Gasteiger partial charge in [-0.15, -0.1) is 5.92 Å². The minimum atomic E-state index is 0.558. The molecule has 1 saturated heterocycles. The fourth-order valence-electron chi connectivity index (χ4n) is 2.17. The molecule has 0 aromatic heterocycles. The maximum Gasteiger partial charge on any atom is 0.199 e. The number of hydrogen-bond acceptors (Lipinski definition) is 1. The highest BCUT2D eigenvalue weighted by molar-refractivity contribution is 5.93. The Morgan fingerprint density at radius 3 is 2.63 bits per heavy atom. The van der Waals surface area contributed by atoms with Crippen molar-refractivity contribution >= 4 is 11.6 Å². The van der Waals surface area contributed by atoms with Gasteiger partial charge in [-0.1, -0.05) is 24.1 Å². The molecule has 0 radical (unpaired) electrons. The van der Waals surface area contributed by atoms with Gasteiger partial charge in [-0.2, -0.15) is 0 Å². The van der Waals surface area contributed by atoms with E-state index in [1.54, 1.807) is 0 Å². The van der Waals surface area contributed by atoms with Gasteiger partial charge in [0.1, 0.15) is 6.54 Å². The van der Waals surface area contributed by atoms with Gasteiger partial charge in [-0.05, 0) is 38.3 Å². The fourth-order valence-corrected chi connectivity index (χ4v) is 2.17. The lowest BCUT2D eigenvalue weighted by molar-refractivity contribution is 0.341. The highest BCUT2D eigenvalue weighted by Crippen LogP contribution is 2.12. The molecule has 0 saturated carbocycles. The summed E-state index contributed by atoms with van der Waals surface area (Å²) in [5, 5.41) is 3.42. The quantitative estimate of drug-likeness (QED) is 0.500. The number of aliphatic imine (C=N–C) groups is 1. The van der Waals surface area contributed by atoms with Crippen molar-refractivity contribution in [1.82, 2.24) is 4.90 Å². The second-order valence-corrected chi connectivity index (χ2v) is 4.61. The number of nitrogens with one attached hydrogen (secondary N) is 1. The van der Waals surface area contributed by atoms with E-state index in [4.69, 9.17) is 0 Å². The van der Waals surface area contributed by atoms with Crippen LogP contribution in [0.1, 0.15) is 26.2 Å². The molecule has 1 aliphatic heterocycles. The summed E-state index contributed by atoms with van der Waals surface area (Å²) in [6.45, 7) is 4.57. The Labute approximate surface area is 115 Å². The minimum Gasteiger partial charge on any atom is -0.343 e. The van der Waals surface area contributed by atoms with E-state index in [0.717, 1.165) is 24.7 Å². The predicted molar refractivity (Wildman–Crippen MR) is 81.2 cm³/mol. The van der Waals surface area contributed by atoms with Gasteiger partial charge in [0.2, 0.25) is 0 Å². The van der Waals surface area contributed by atoms with Crippen LogP contribution < -0.4 is 5.32 Å². The zero-order valence-electron chi connectivity index (χ0n) is 11.5. The molecule has 0 aliphatic carbocycles. The molecule has 0 spiro atoms. The van der Waals surface area contributed by atoms with Gasteiger partial charge >= 0.3 is 0 Å². The second-order valence-electron chi connectivity index (χ2n) is 4.61. The van der Waals surface area contributed by atoms with E-state index in [2.05, 4.69) is 39.2 Å². The van der Waals surface area contributed by atoms with Crippen LogP contribution in [0.3, 0.4) is 0 Å². The number of para-hydroxylation sites is 1. The van der Waals surface area contributed by atoms with Gasteiger partial charge in [0.05, 0.1) is 0 Å². The average molecular weight is 255 g/mol. The molecule has 19 heavy (non-hydrogen) atoms. The average Bonchev–Trinajstić information content (AvgIpc) is 2.48. The molecule has 1 N–H and O–H groups in total. The molecule has 3 heteroatoms. The number of rotatable bonds is 2. The standard InChI is InChI=1S/C16H21N3/c1-2-3-12-17-16(19-13-8-5-9-14-19)18-15-10-6-4-7-11-15/h4,6-7,10-11H,5,8-9,12-14H2,1H3,(H,17,18). The molecule has 2 rings (SSSR count). The van der Waals surface area contributed by atoms with Crippen molar-refractivity contribution in [2.24, 2.45) is 4.99 Å². The van der Waals surface area contributed by atoms with Gasteiger partial charge in [-0.3, -0.25) is 0 Å². The van der Waals surface area contributed by atoms with Crippen LogP contribution in [-0.4, -0.2) is 30.5 Å². The van der Waals surface area contributed by atoms with Crippen LogP contribution in [0.4, 0.5) is 5.69 Å². The first kappa shape index (κ1) is 13.5. The Balaban J connectivity index is 2.08. The van der Waals surface area contributed by atoms with Crippen LogP contribution in [0.2, 0.25) is 0 Å². The highest BCUT2D eigenvalue weighted by Gasteiger charge is 2.14.